The average Bonchev–Trinajstić information content (AvgIpc) is 3.11. The van der Waals surface area contributed by atoms with Crippen molar-refractivity contribution < 1.29 is 71.8 Å². The molecule has 0 saturated heterocycles. The Morgan fingerprint density at radius 1 is 0.541 bits per heavy atom. The fourth-order valence-electron chi connectivity index (χ4n) is 4.98. The summed E-state index contributed by atoms with van der Waals surface area (Å²) in [5.74, 6) is -1.74. The number of nitrogens with one attached hydrogen (secondary N) is 3. The van der Waals surface area contributed by atoms with Crippen molar-refractivity contribution in [3.8, 4) is 0 Å². The van der Waals surface area contributed by atoms with Crippen LogP contribution in [-0.4, -0.2) is 146 Å². The molecule has 0 aliphatic carbocycles. The monoisotopic (exact) mass is 893 g/mol. The van der Waals surface area contributed by atoms with Crippen LogP contribution < -0.4 is 16.0 Å². The molecule has 2 unspecified atom stereocenters. The van der Waals surface area contributed by atoms with Crippen LogP contribution in [0.3, 0.4) is 0 Å². The van der Waals surface area contributed by atoms with E-state index < -0.39 is 59.5 Å². The molecular formula is C42H75N3O15S. The zero-order chi connectivity index (χ0) is 46.3. The van der Waals surface area contributed by atoms with Gasteiger partial charge in [0.25, 0.3) is 0 Å². The molecule has 4 N–H and O–H groups in total. The van der Waals surface area contributed by atoms with E-state index in [1.165, 1.54) is 11.8 Å². The number of carboxylic acid groups (broad SMARTS) is 1. The molecule has 0 aliphatic heterocycles. The Morgan fingerprint density at radius 2 is 1.08 bits per heavy atom. The second kappa shape index (κ2) is 32.2. The highest BCUT2D eigenvalue weighted by Crippen LogP contribution is 2.16. The first-order valence-corrected chi connectivity index (χ1v) is 22.3. The van der Waals surface area contributed by atoms with Crippen molar-refractivity contribution in [2.75, 3.05) is 70.9 Å². The molecule has 2 atom stereocenters. The summed E-state index contributed by atoms with van der Waals surface area (Å²) in [5, 5.41) is 16.5. The lowest BCUT2D eigenvalue weighted by Gasteiger charge is -2.26. The second-order valence-electron chi connectivity index (χ2n) is 17.2. The zero-order valence-electron chi connectivity index (χ0n) is 38.1. The number of ketones is 1. The van der Waals surface area contributed by atoms with Crippen molar-refractivity contribution in [1.82, 2.24) is 16.0 Å². The summed E-state index contributed by atoms with van der Waals surface area (Å²) in [5.41, 5.74) is -2.17. The molecule has 0 saturated carbocycles. The average molecular weight is 894 g/mol. The molecule has 3 amide bonds. The number of rotatable bonds is 34. The summed E-state index contributed by atoms with van der Waals surface area (Å²) in [7, 11) is 0. The molecule has 0 bridgehead atoms. The van der Waals surface area contributed by atoms with Gasteiger partial charge in [-0.15, -0.1) is 0 Å². The number of alkyl carbamates (subject to hydrolysis) is 1. The van der Waals surface area contributed by atoms with Crippen LogP contribution in [0.4, 0.5) is 4.79 Å². The van der Waals surface area contributed by atoms with Gasteiger partial charge in [0.05, 0.1) is 33.0 Å². The van der Waals surface area contributed by atoms with Gasteiger partial charge in [-0.1, -0.05) is 19.3 Å². The van der Waals surface area contributed by atoms with E-state index in [4.69, 9.17) is 38.3 Å². The van der Waals surface area contributed by atoms with Crippen LogP contribution in [0.1, 0.15) is 127 Å². The molecule has 0 aromatic rings. The Kier molecular flexibility index (Phi) is 30.3. The minimum atomic E-state index is -1.06. The molecule has 0 radical (unpaired) electrons. The molecule has 18 nitrogen and oxygen atoms in total. The van der Waals surface area contributed by atoms with Crippen molar-refractivity contribution in [3.05, 3.63) is 0 Å². The highest BCUT2D eigenvalue weighted by atomic mass is 32.2. The van der Waals surface area contributed by atoms with Crippen LogP contribution in [0.25, 0.3) is 0 Å². The van der Waals surface area contributed by atoms with Gasteiger partial charge in [-0.3, -0.25) is 14.4 Å². The highest BCUT2D eigenvalue weighted by molar-refractivity contribution is 7.99. The topological polar surface area (TPSA) is 240 Å². The Morgan fingerprint density at radius 3 is 1.69 bits per heavy atom. The SMILES string of the molecule is CC(C)(C)OC(=O)NC(CSCCCCCCCC(=O)NC(CCC(=O)CCCOCCOCC(=O)NCCOCCOCC(=O)O)C(=O)OC(C)(C)C)C(=O)OC(C)(C)C. The van der Waals surface area contributed by atoms with Gasteiger partial charge in [0.2, 0.25) is 11.8 Å². The maximum atomic E-state index is 12.9. The van der Waals surface area contributed by atoms with Gasteiger partial charge in [-0.05, 0) is 93.7 Å². The number of carbonyl (C=O) groups is 7. The summed E-state index contributed by atoms with van der Waals surface area (Å²) < 4.78 is 37.1. The molecule has 61 heavy (non-hydrogen) atoms. The number of carbonyl (C=O) groups excluding carboxylic acids is 6. The van der Waals surface area contributed by atoms with Gasteiger partial charge in [0.1, 0.15) is 47.9 Å². The van der Waals surface area contributed by atoms with Crippen LogP contribution in [0, 0.1) is 0 Å². The lowest BCUT2D eigenvalue weighted by molar-refractivity contribution is -0.159. The molecular weight excluding hydrogens is 819 g/mol. The normalized spacial score (nSPS) is 12.8. The van der Waals surface area contributed by atoms with Gasteiger partial charge in [0, 0.05) is 38.2 Å². The van der Waals surface area contributed by atoms with Crippen LogP contribution in [0.5, 0.6) is 0 Å². The van der Waals surface area contributed by atoms with E-state index in [-0.39, 0.29) is 89.5 Å². The second-order valence-corrected chi connectivity index (χ2v) is 18.4. The number of carboxylic acids is 1. The van der Waals surface area contributed by atoms with Crippen LogP contribution in [0.15, 0.2) is 0 Å². The Hall–Kier alpha value is -3.52. The van der Waals surface area contributed by atoms with Crippen LogP contribution in [0.2, 0.25) is 0 Å². The first-order valence-electron chi connectivity index (χ1n) is 21.1. The zero-order valence-corrected chi connectivity index (χ0v) is 38.9. The standard InChI is InChI=1S/C42H75N3O15S/c1-40(2,3)58-37(51)32(19-18-31(46)16-15-21-54-23-25-56-28-35(48)43-20-22-55-24-26-57-29-36(49)50)44-34(47)17-13-11-10-12-14-27-61-30-33(38(52)59-41(4,5)6)45-39(53)60-42(7,8)9/h32-33H,10-30H2,1-9H3,(H,43,48)(H,44,47)(H,45,53)(H,49,50). The van der Waals surface area contributed by atoms with Gasteiger partial charge < -0.3 is 54.2 Å². The molecule has 0 aromatic heterocycles. The van der Waals surface area contributed by atoms with Crippen LogP contribution >= 0.6 is 11.8 Å². The Bertz CT molecular complexity index is 1310. The van der Waals surface area contributed by atoms with E-state index in [1.807, 2.05) is 0 Å². The van der Waals surface area contributed by atoms with Crippen molar-refractivity contribution in [2.24, 2.45) is 0 Å². The minimum absolute atomic E-state index is 0.0751. The summed E-state index contributed by atoms with van der Waals surface area (Å²) in [4.78, 5) is 85.6. The number of hydrogen-bond acceptors (Lipinski definition) is 15. The fourth-order valence-corrected chi connectivity index (χ4v) is 6.01. The quantitative estimate of drug-likeness (QED) is 0.0395. The number of ether oxygens (including phenoxy) is 7. The van der Waals surface area contributed by atoms with Gasteiger partial charge >= 0.3 is 24.0 Å². The smallest absolute Gasteiger partial charge is 0.408 e. The lowest BCUT2D eigenvalue weighted by atomic mass is 10.0. The van der Waals surface area contributed by atoms with Gasteiger partial charge in [-0.2, -0.15) is 11.8 Å². The molecule has 0 heterocycles. The van der Waals surface area contributed by atoms with Crippen molar-refractivity contribution in [3.63, 3.8) is 0 Å². The van der Waals surface area contributed by atoms with E-state index in [0.717, 1.165) is 31.4 Å². The largest absolute Gasteiger partial charge is 0.480 e. The van der Waals surface area contributed by atoms with E-state index in [2.05, 4.69) is 16.0 Å². The lowest BCUT2D eigenvalue weighted by Crippen LogP contribution is -2.47. The third-order valence-electron chi connectivity index (χ3n) is 7.61. The van der Waals surface area contributed by atoms with Gasteiger partial charge in [-0.25, -0.2) is 19.2 Å². The summed E-state index contributed by atoms with van der Waals surface area (Å²) in [6.07, 6.45) is 4.58. The van der Waals surface area contributed by atoms with E-state index in [9.17, 15) is 33.6 Å². The first kappa shape index (κ1) is 57.5. The summed E-state index contributed by atoms with van der Waals surface area (Å²) >= 11 is 1.54. The third kappa shape index (κ3) is 37.9. The van der Waals surface area contributed by atoms with Crippen molar-refractivity contribution in [1.29, 1.82) is 0 Å². The number of aliphatic carboxylic acids is 1. The molecule has 0 aromatic carbocycles. The van der Waals surface area contributed by atoms with Gasteiger partial charge in [0.15, 0.2) is 0 Å². The summed E-state index contributed by atoms with van der Waals surface area (Å²) in [6, 6.07) is -1.80. The maximum Gasteiger partial charge on any atom is 0.408 e. The number of amides is 3. The molecule has 0 aliphatic rings. The minimum Gasteiger partial charge on any atom is -0.480 e. The van der Waals surface area contributed by atoms with Crippen molar-refractivity contribution in [2.45, 2.75) is 155 Å². The first-order chi connectivity index (χ1) is 28.5. The number of hydrogen-bond donors (Lipinski definition) is 4. The third-order valence-corrected chi connectivity index (χ3v) is 8.76. The number of Topliss-reactive ketones (excluding diaryl/α,β-unsaturated/α-hetero) is 1. The van der Waals surface area contributed by atoms with Crippen molar-refractivity contribution >= 4 is 53.4 Å². The Labute approximate surface area is 366 Å². The highest BCUT2D eigenvalue weighted by Gasteiger charge is 2.29. The predicted octanol–water partition coefficient (Wildman–Crippen LogP) is 4.52. The molecule has 0 rings (SSSR count). The van der Waals surface area contributed by atoms with Crippen LogP contribution in [-0.2, 0) is 61.9 Å². The molecule has 19 heteroatoms. The maximum absolute atomic E-state index is 12.9. The molecule has 0 spiro atoms. The molecule has 354 valence electrons. The number of unbranched alkanes of at least 4 members (excludes halogenated alkanes) is 4. The number of esters is 2. The fraction of sp³-hybridized carbons (Fsp3) is 0.833. The Balaban J connectivity index is 4.39. The summed E-state index contributed by atoms with van der Waals surface area (Å²) in [6.45, 7) is 16.8. The number of thioether (sulfide) groups is 1. The van der Waals surface area contributed by atoms with E-state index in [1.54, 1.807) is 62.3 Å². The molecule has 0 fully saturated rings. The van der Waals surface area contributed by atoms with E-state index >= 15 is 0 Å². The van der Waals surface area contributed by atoms with E-state index in [0.29, 0.717) is 25.2 Å². The predicted molar refractivity (Wildman–Crippen MR) is 229 cm³/mol.